The van der Waals surface area contributed by atoms with Crippen molar-refractivity contribution in [2.75, 3.05) is 0 Å². The molecule has 1 atom stereocenters. The first-order valence-corrected chi connectivity index (χ1v) is 5.79. The molecule has 0 aromatic heterocycles. The van der Waals surface area contributed by atoms with E-state index in [4.69, 9.17) is 5.73 Å². The SMILES string of the molecule is Cl.N[C@@H](CCC(F)(F)F)c1ccccc1OC(F)(F)C(F)F. The summed E-state index contributed by atoms with van der Waals surface area (Å²) in [6.07, 6.45) is -15.1. The van der Waals surface area contributed by atoms with Gasteiger partial charge in [-0.1, -0.05) is 18.2 Å². The topological polar surface area (TPSA) is 35.2 Å². The molecule has 0 bridgehead atoms. The predicted molar refractivity (Wildman–Crippen MR) is 67.5 cm³/mol. The van der Waals surface area contributed by atoms with Gasteiger partial charge in [-0.3, -0.25) is 0 Å². The van der Waals surface area contributed by atoms with Crippen molar-refractivity contribution in [2.45, 2.75) is 37.6 Å². The fraction of sp³-hybridized carbons (Fsp3) is 0.500. The van der Waals surface area contributed by atoms with Crippen molar-refractivity contribution >= 4 is 12.4 Å². The lowest BCUT2D eigenvalue weighted by Gasteiger charge is -2.21. The molecular weight excluding hydrogens is 343 g/mol. The van der Waals surface area contributed by atoms with E-state index < -0.39 is 43.3 Å². The predicted octanol–water partition coefficient (Wildman–Crippen LogP) is 4.69. The van der Waals surface area contributed by atoms with Crippen LogP contribution in [0.3, 0.4) is 0 Å². The quantitative estimate of drug-likeness (QED) is 0.751. The molecule has 0 heterocycles. The summed E-state index contributed by atoms with van der Waals surface area (Å²) in [5, 5.41) is 0. The third-order valence-corrected chi connectivity index (χ3v) is 2.56. The van der Waals surface area contributed by atoms with E-state index in [9.17, 15) is 30.7 Å². The van der Waals surface area contributed by atoms with E-state index >= 15 is 0 Å². The van der Waals surface area contributed by atoms with Gasteiger partial charge in [0.25, 0.3) is 0 Å². The zero-order valence-electron chi connectivity index (χ0n) is 10.9. The van der Waals surface area contributed by atoms with Gasteiger partial charge in [-0.2, -0.15) is 30.7 Å². The highest BCUT2D eigenvalue weighted by Gasteiger charge is 2.44. The van der Waals surface area contributed by atoms with Gasteiger partial charge in [-0.15, -0.1) is 12.4 Å². The summed E-state index contributed by atoms with van der Waals surface area (Å²) in [6.45, 7) is 0. The Morgan fingerprint density at radius 1 is 1.05 bits per heavy atom. The maximum atomic E-state index is 12.9. The summed E-state index contributed by atoms with van der Waals surface area (Å²) in [4.78, 5) is 0. The minimum Gasteiger partial charge on any atom is -0.428 e. The molecule has 0 saturated carbocycles. The van der Waals surface area contributed by atoms with Crippen LogP contribution in [-0.2, 0) is 0 Å². The highest BCUT2D eigenvalue weighted by Crippen LogP contribution is 2.34. The molecule has 22 heavy (non-hydrogen) atoms. The van der Waals surface area contributed by atoms with Crippen molar-refractivity contribution in [1.82, 2.24) is 0 Å². The zero-order valence-corrected chi connectivity index (χ0v) is 11.7. The van der Waals surface area contributed by atoms with Crippen LogP contribution in [0, 0.1) is 0 Å². The maximum Gasteiger partial charge on any atom is 0.461 e. The number of nitrogens with two attached hydrogens (primary N) is 1. The average Bonchev–Trinajstić information content (AvgIpc) is 2.35. The van der Waals surface area contributed by atoms with E-state index in [0.29, 0.717) is 0 Å². The van der Waals surface area contributed by atoms with Gasteiger partial charge < -0.3 is 10.5 Å². The third kappa shape index (κ3) is 6.27. The fourth-order valence-electron chi connectivity index (χ4n) is 1.55. The second kappa shape index (κ2) is 7.87. The van der Waals surface area contributed by atoms with Crippen LogP contribution in [0.4, 0.5) is 30.7 Å². The van der Waals surface area contributed by atoms with Gasteiger partial charge >= 0.3 is 18.7 Å². The molecule has 0 saturated heterocycles. The summed E-state index contributed by atoms with van der Waals surface area (Å²) in [7, 11) is 0. The zero-order chi connectivity index (χ0) is 16.3. The van der Waals surface area contributed by atoms with E-state index in [2.05, 4.69) is 4.74 Å². The highest BCUT2D eigenvalue weighted by atomic mass is 35.5. The number of alkyl halides is 7. The van der Waals surface area contributed by atoms with Crippen LogP contribution in [0.2, 0.25) is 0 Å². The highest BCUT2D eigenvalue weighted by molar-refractivity contribution is 5.85. The van der Waals surface area contributed by atoms with Crippen LogP contribution >= 0.6 is 12.4 Å². The Bertz CT molecular complexity index is 467. The van der Waals surface area contributed by atoms with Gasteiger partial charge in [0, 0.05) is 18.0 Å². The Kier molecular flexibility index (Phi) is 7.43. The number of hydrogen-bond acceptors (Lipinski definition) is 2. The van der Waals surface area contributed by atoms with Gasteiger partial charge in [0.05, 0.1) is 0 Å². The van der Waals surface area contributed by atoms with Crippen molar-refractivity contribution in [2.24, 2.45) is 5.73 Å². The first-order valence-electron chi connectivity index (χ1n) is 5.79. The minimum atomic E-state index is -4.75. The van der Waals surface area contributed by atoms with Gasteiger partial charge in [-0.05, 0) is 12.5 Å². The Morgan fingerprint density at radius 2 is 1.59 bits per heavy atom. The van der Waals surface area contributed by atoms with Crippen molar-refractivity contribution in [3.8, 4) is 5.75 Å². The van der Waals surface area contributed by atoms with Crippen LogP contribution in [0.5, 0.6) is 5.75 Å². The monoisotopic (exact) mass is 355 g/mol. The Morgan fingerprint density at radius 3 is 2.09 bits per heavy atom. The fourth-order valence-corrected chi connectivity index (χ4v) is 1.55. The summed E-state index contributed by atoms with van der Waals surface area (Å²) < 4.78 is 90.1. The number of rotatable bonds is 6. The summed E-state index contributed by atoms with van der Waals surface area (Å²) in [5.41, 5.74) is 5.29. The van der Waals surface area contributed by atoms with E-state index in [-0.39, 0.29) is 18.0 Å². The van der Waals surface area contributed by atoms with Gasteiger partial charge in [0.2, 0.25) is 0 Å². The summed E-state index contributed by atoms with van der Waals surface area (Å²) >= 11 is 0. The first-order chi connectivity index (χ1) is 9.53. The third-order valence-electron chi connectivity index (χ3n) is 2.56. The Labute approximate surface area is 127 Å². The molecule has 0 spiro atoms. The molecule has 0 unspecified atom stereocenters. The smallest absolute Gasteiger partial charge is 0.428 e. The second-order valence-electron chi connectivity index (χ2n) is 4.26. The molecule has 0 aliphatic rings. The van der Waals surface area contributed by atoms with Crippen molar-refractivity contribution in [3.63, 3.8) is 0 Å². The largest absolute Gasteiger partial charge is 0.461 e. The number of hydrogen-bond donors (Lipinski definition) is 1. The van der Waals surface area contributed by atoms with Crippen molar-refractivity contribution in [3.05, 3.63) is 29.8 Å². The van der Waals surface area contributed by atoms with Crippen molar-refractivity contribution < 1.29 is 35.5 Å². The van der Waals surface area contributed by atoms with Crippen LogP contribution in [-0.4, -0.2) is 18.7 Å². The second-order valence-corrected chi connectivity index (χ2v) is 4.26. The minimum absolute atomic E-state index is 0. The standard InChI is InChI=1S/C12H12F7NO.ClH/c13-10(14)12(18,19)21-9-4-2-1-3-7(9)8(20)5-6-11(15,16)17;/h1-4,8,10H,5-6,20H2;1H/t8-;/m0./s1. The number of halogens is 8. The number of benzene rings is 1. The molecule has 128 valence electrons. The molecule has 0 fully saturated rings. The first kappa shape index (κ1) is 20.8. The van der Waals surface area contributed by atoms with Crippen LogP contribution in [0.15, 0.2) is 24.3 Å². The van der Waals surface area contributed by atoms with E-state index in [1.165, 1.54) is 12.1 Å². The van der Waals surface area contributed by atoms with Gasteiger partial charge in [-0.25, -0.2) is 0 Å². The lowest BCUT2D eigenvalue weighted by molar-refractivity contribution is -0.253. The Hall–Kier alpha value is -1.22. The molecule has 1 aromatic carbocycles. The lowest BCUT2D eigenvalue weighted by Crippen LogP contribution is -2.34. The van der Waals surface area contributed by atoms with Crippen molar-refractivity contribution in [1.29, 1.82) is 0 Å². The maximum absolute atomic E-state index is 12.9. The normalized spacial score (nSPS) is 13.7. The molecule has 2 nitrogen and oxygen atoms in total. The lowest BCUT2D eigenvalue weighted by atomic mass is 10.0. The van der Waals surface area contributed by atoms with E-state index in [0.717, 1.165) is 12.1 Å². The Balaban J connectivity index is 0.00000441. The molecule has 1 rings (SSSR count). The molecule has 0 aliphatic carbocycles. The molecular formula is C12H13ClF7NO. The molecule has 0 radical (unpaired) electrons. The van der Waals surface area contributed by atoms with Gasteiger partial charge in [0.1, 0.15) is 5.75 Å². The molecule has 2 N–H and O–H groups in total. The molecule has 1 aromatic rings. The number of para-hydroxylation sites is 1. The van der Waals surface area contributed by atoms with Crippen LogP contribution in [0.25, 0.3) is 0 Å². The van der Waals surface area contributed by atoms with E-state index in [1.807, 2.05) is 0 Å². The van der Waals surface area contributed by atoms with Crippen LogP contribution in [0.1, 0.15) is 24.4 Å². The number of ether oxygens (including phenoxy) is 1. The van der Waals surface area contributed by atoms with E-state index in [1.54, 1.807) is 0 Å². The average molecular weight is 356 g/mol. The summed E-state index contributed by atoms with van der Waals surface area (Å²) in [6, 6.07) is 3.38. The van der Waals surface area contributed by atoms with Crippen LogP contribution < -0.4 is 10.5 Å². The molecule has 10 heteroatoms. The summed E-state index contributed by atoms with van der Waals surface area (Å²) in [5.74, 6) is -0.669. The van der Waals surface area contributed by atoms with Gasteiger partial charge in [0.15, 0.2) is 0 Å². The molecule has 0 aliphatic heterocycles. The molecule has 0 amide bonds.